The lowest BCUT2D eigenvalue weighted by molar-refractivity contribution is 0.686. The topological polar surface area (TPSA) is 54.2 Å². The number of hydrogen-bond acceptors (Lipinski definition) is 2. The van der Waals surface area contributed by atoms with Crippen molar-refractivity contribution in [3.8, 4) is 0 Å². The maximum atomic E-state index is 5.96. The van der Waals surface area contributed by atoms with Crippen molar-refractivity contribution in [2.45, 2.75) is 40.3 Å². The van der Waals surface area contributed by atoms with E-state index in [2.05, 4.69) is 36.5 Å². The summed E-state index contributed by atoms with van der Waals surface area (Å²) >= 11 is 5.96. The summed E-state index contributed by atoms with van der Waals surface area (Å²) in [4.78, 5) is 4.72. The summed E-state index contributed by atoms with van der Waals surface area (Å²) in [5, 5.41) is 11.9. The van der Waals surface area contributed by atoms with E-state index in [0.29, 0.717) is 6.54 Å². The van der Waals surface area contributed by atoms with E-state index >= 15 is 0 Å². The van der Waals surface area contributed by atoms with Crippen molar-refractivity contribution in [3.05, 3.63) is 51.8 Å². The minimum Gasteiger partial charge on any atom is -0.357 e. The van der Waals surface area contributed by atoms with Crippen molar-refractivity contribution >= 4 is 17.6 Å². The molecule has 0 radical (unpaired) electrons. The van der Waals surface area contributed by atoms with Gasteiger partial charge in [-0.3, -0.25) is 4.68 Å². The molecule has 2 aromatic rings. The fourth-order valence-electron chi connectivity index (χ4n) is 2.56. The average Bonchev–Trinajstić information content (AvgIpc) is 2.78. The molecule has 0 spiro atoms. The van der Waals surface area contributed by atoms with Gasteiger partial charge in [-0.2, -0.15) is 5.10 Å². The summed E-state index contributed by atoms with van der Waals surface area (Å²) in [6.07, 6.45) is 0. The first-order valence-corrected chi connectivity index (χ1v) is 8.59. The molecule has 0 fully saturated rings. The highest BCUT2D eigenvalue weighted by Crippen LogP contribution is 2.16. The Morgan fingerprint density at radius 3 is 2.50 bits per heavy atom. The van der Waals surface area contributed by atoms with E-state index < -0.39 is 0 Å². The molecule has 0 aliphatic heterocycles. The molecule has 6 heteroatoms. The smallest absolute Gasteiger partial charge is 0.192 e. The lowest BCUT2D eigenvalue weighted by atomic mass is 10.1. The highest BCUT2D eigenvalue weighted by Gasteiger charge is 2.11. The van der Waals surface area contributed by atoms with Gasteiger partial charge in [0.15, 0.2) is 5.96 Å². The first kappa shape index (κ1) is 18.3. The Hall–Kier alpha value is -2.01. The molecule has 1 heterocycles. The van der Waals surface area contributed by atoms with Gasteiger partial charge >= 0.3 is 0 Å². The van der Waals surface area contributed by atoms with E-state index in [9.17, 15) is 0 Å². The minimum absolute atomic E-state index is 0.135. The molecule has 5 nitrogen and oxygen atoms in total. The Kier molecular flexibility index (Phi) is 6.26. The Bertz CT molecular complexity index is 703. The number of benzene rings is 1. The second kappa shape index (κ2) is 8.20. The third-order valence-electron chi connectivity index (χ3n) is 4.12. The summed E-state index contributed by atoms with van der Waals surface area (Å²) in [5.74, 6) is 0.794. The predicted octanol–water partition coefficient (Wildman–Crippen LogP) is 3.51. The van der Waals surface area contributed by atoms with Gasteiger partial charge in [-0.05, 0) is 45.4 Å². The van der Waals surface area contributed by atoms with E-state index in [-0.39, 0.29) is 6.04 Å². The average molecular weight is 348 g/mol. The minimum atomic E-state index is 0.135. The van der Waals surface area contributed by atoms with E-state index in [1.807, 2.05) is 42.9 Å². The number of hydrogen-bond donors (Lipinski definition) is 2. The van der Waals surface area contributed by atoms with Crippen LogP contribution in [0.4, 0.5) is 0 Å². The van der Waals surface area contributed by atoms with Crippen molar-refractivity contribution < 1.29 is 0 Å². The summed E-state index contributed by atoms with van der Waals surface area (Å²) in [7, 11) is 1.96. The van der Waals surface area contributed by atoms with Gasteiger partial charge in [-0.25, -0.2) is 4.99 Å². The van der Waals surface area contributed by atoms with Crippen LogP contribution in [0, 0.1) is 13.8 Å². The molecule has 1 unspecified atom stereocenters. The molecule has 0 aliphatic rings. The highest BCUT2D eigenvalue weighted by atomic mass is 35.5. The fraction of sp³-hybridized carbons (Fsp3) is 0.444. The SMILES string of the molecule is CCNC(=NCc1c(C)nn(C)c1C)NC(C)c1ccc(Cl)cc1. The molecule has 0 bridgehead atoms. The number of guanidine groups is 1. The second-order valence-electron chi connectivity index (χ2n) is 5.89. The van der Waals surface area contributed by atoms with Gasteiger partial charge in [0, 0.05) is 29.9 Å². The van der Waals surface area contributed by atoms with Gasteiger partial charge in [0.25, 0.3) is 0 Å². The van der Waals surface area contributed by atoms with Crippen LogP contribution in [-0.4, -0.2) is 22.3 Å². The monoisotopic (exact) mass is 347 g/mol. The van der Waals surface area contributed by atoms with E-state index in [4.69, 9.17) is 16.6 Å². The predicted molar refractivity (Wildman–Crippen MR) is 101 cm³/mol. The van der Waals surface area contributed by atoms with Crippen LogP contribution in [-0.2, 0) is 13.6 Å². The van der Waals surface area contributed by atoms with Crippen LogP contribution in [0.5, 0.6) is 0 Å². The van der Waals surface area contributed by atoms with Crippen molar-refractivity contribution in [1.29, 1.82) is 0 Å². The Balaban J connectivity index is 2.11. The van der Waals surface area contributed by atoms with E-state index in [0.717, 1.165) is 28.9 Å². The first-order chi connectivity index (χ1) is 11.4. The molecule has 1 atom stereocenters. The molecule has 2 N–H and O–H groups in total. The number of aromatic nitrogens is 2. The molecular weight excluding hydrogens is 322 g/mol. The zero-order valence-corrected chi connectivity index (χ0v) is 15.8. The lowest BCUT2D eigenvalue weighted by Gasteiger charge is -2.18. The maximum Gasteiger partial charge on any atom is 0.192 e. The third kappa shape index (κ3) is 4.51. The zero-order chi connectivity index (χ0) is 17.7. The van der Waals surface area contributed by atoms with Crippen LogP contribution in [0.3, 0.4) is 0 Å². The Labute approximate surface area is 149 Å². The standard InChI is InChI=1S/C18H26ClN5/c1-6-20-18(21-11-17-13(3)23-24(5)14(17)4)22-12(2)15-7-9-16(19)10-8-15/h7-10,12H,6,11H2,1-5H3,(H2,20,21,22). The summed E-state index contributed by atoms with van der Waals surface area (Å²) in [6.45, 7) is 9.68. The van der Waals surface area contributed by atoms with Crippen LogP contribution in [0.25, 0.3) is 0 Å². The third-order valence-corrected chi connectivity index (χ3v) is 4.37. The normalized spacial score (nSPS) is 13.0. The summed E-state index contributed by atoms with van der Waals surface area (Å²) in [5.41, 5.74) is 4.52. The Morgan fingerprint density at radius 1 is 1.29 bits per heavy atom. The van der Waals surface area contributed by atoms with Crippen LogP contribution in [0.1, 0.15) is 42.4 Å². The fourth-order valence-corrected chi connectivity index (χ4v) is 2.69. The molecule has 0 saturated carbocycles. The van der Waals surface area contributed by atoms with Crippen LogP contribution >= 0.6 is 11.6 Å². The summed E-state index contributed by atoms with van der Waals surface area (Å²) in [6, 6.07) is 8.00. The maximum absolute atomic E-state index is 5.96. The van der Waals surface area contributed by atoms with Crippen LogP contribution in [0.15, 0.2) is 29.3 Å². The molecule has 1 aromatic carbocycles. The number of aliphatic imine (C=N–C) groups is 1. The number of nitrogens with zero attached hydrogens (tertiary/aromatic N) is 3. The molecule has 0 amide bonds. The zero-order valence-electron chi connectivity index (χ0n) is 15.0. The molecule has 0 aliphatic carbocycles. The van der Waals surface area contributed by atoms with Crippen LogP contribution in [0.2, 0.25) is 5.02 Å². The highest BCUT2D eigenvalue weighted by molar-refractivity contribution is 6.30. The van der Waals surface area contributed by atoms with Crippen molar-refractivity contribution in [2.75, 3.05) is 6.54 Å². The lowest BCUT2D eigenvalue weighted by Crippen LogP contribution is -2.38. The molecule has 24 heavy (non-hydrogen) atoms. The van der Waals surface area contributed by atoms with Crippen molar-refractivity contribution in [1.82, 2.24) is 20.4 Å². The van der Waals surface area contributed by atoms with E-state index in [1.165, 1.54) is 11.1 Å². The van der Waals surface area contributed by atoms with Gasteiger partial charge < -0.3 is 10.6 Å². The van der Waals surface area contributed by atoms with Crippen LogP contribution < -0.4 is 10.6 Å². The number of rotatable bonds is 5. The van der Waals surface area contributed by atoms with Gasteiger partial charge in [-0.15, -0.1) is 0 Å². The molecule has 2 rings (SSSR count). The number of nitrogens with one attached hydrogen (secondary N) is 2. The van der Waals surface area contributed by atoms with Gasteiger partial charge in [0.1, 0.15) is 0 Å². The molecule has 1 aromatic heterocycles. The van der Waals surface area contributed by atoms with Gasteiger partial charge in [0.2, 0.25) is 0 Å². The number of halogens is 1. The van der Waals surface area contributed by atoms with Gasteiger partial charge in [0.05, 0.1) is 18.3 Å². The number of aryl methyl sites for hydroxylation is 2. The quantitative estimate of drug-likeness (QED) is 0.643. The second-order valence-corrected chi connectivity index (χ2v) is 6.32. The van der Waals surface area contributed by atoms with Crippen molar-refractivity contribution in [3.63, 3.8) is 0 Å². The first-order valence-electron chi connectivity index (χ1n) is 8.21. The molecular formula is C18H26ClN5. The molecule has 130 valence electrons. The molecule has 0 saturated heterocycles. The Morgan fingerprint density at radius 2 is 1.96 bits per heavy atom. The van der Waals surface area contributed by atoms with Crippen molar-refractivity contribution in [2.24, 2.45) is 12.0 Å². The summed E-state index contributed by atoms with van der Waals surface area (Å²) < 4.78 is 1.90. The van der Waals surface area contributed by atoms with E-state index in [1.54, 1.807) is 0 Å². The van der Waals surface area contributed by atoms with Gasteiger partial charge in [-0.1, -0.05) is 23.7 Å². The largest absolute Gasteiger partial charge is 0.357 e.